The van der Waals surface area contributed by atoms with Gasteiger partial charge in [0.1, 0.15) is 4.88 Å². The predicted molar refractivity (Wildman–Crippen MR) is 62.5 cm³/mol. The maximum atomic E-state index is 11.7. The Bertz CT molecular complexity index is 335. The molecule has 1 aromatic rings. The molecular formula is C10H17N3OS. The summed E-state index contributed by atoms with van der Waals surface area (Å²) in [5.41, 5.74) is 0.832. The highest BCUT2D eigenvalue weighted by atomic mass is 32.1. The molecule has 2 N–H and O–H groups in total. The number of amides is 1. The molecule has 0 aliphatic heterocycles. The van der Waals surface area contributed by atoms with E-state index in [4.69, 9.17) is 0 Å². The highest BCUT2D eigenvalue weighted by Crippen LogP contribution is 2.17. The maximum absolute atomic E-state index is 11.7. The van der Waals surface area contributed by atoms with E-state index in [1.54, 1.807) is 0 Å². The van der Waals surface area contributed by atoms with Gasteiger partial charge in [-0.25, -0.2) is 4.98 Å². The summed E-state index contributed by atoms with van der Waals surface area (Å²) in [7, 11) is 1.86. The van der Waals surface area contributed by atoms with Gasteiger partial charge in [-0.1, -0.05) is 6.92 Å². The topological polar surface area (TPSA) is 54.0 Å². The molecule has 0 aromatic carbocycles. The number of likely N-dealkylation sites (N-methyl/N-ethyl adjacent to an activating group) is 1. The second-order valence-electron chi connectivity index (χ2n) is 3.24. The number of hydrogen-bond donors (Lipinski definition) is 2. The number of carbonyl (C=O) groups is 1. The largest absolute Gasteiger partial charge is 0.350 e. The Morgan fingerprint density at radius 3 is 2.73 bits per heavy atom. The van der Waals surface area contributed by atoms with Gasteiger partial charge in [-0.2, -0.15) is 0 Å². The molecule has 0 bridgehead atoms. The number of thiazole rings is 1. The van der Waals surface area contributed by atoms with Crippen LogP contribution in [0, 0.1) is 6.92 Å². The molecule has 1 rings (SSSR count). The fourth-order valence-corrected chi connectivity index (χ4v) is 2.12. The number of rotatable bonds is 5. The Kier molecular flexibility index (Phi) is 4.71. The molecule has 0 aliphatic rings. The van der Waals surface area contributed by atoms with E-state index >= 15 is 0 Å². The van der Waals surface area contributed by atoms with Crippen molar-refractivity contribution in [2.24, 2.45) is 0 Å². The van der Waals surface area contributed by atoms with Gasteiger partial charge in [-0.05, 0) is 20.4 Å². The summed E-state index contributed by atoms with van der Waals surface area (Å²) in [5.74, 6) is -0.0139. The van der Waals surface area contributed by atoms with E-state index in [9.17, 15) is 4.79 Å². The van der Waals surface area contributed by atoms with E-state index in [-0.39, 0.29) is 5.91 Å². The van der Waals surface area contributed by atoms with Crippen molar-refractivity contribution in [2.45, 2.75) is 20.3 Å². The summed E-state index contributed by atoms with van der Waals surface area (Å²) >= 11 is 1.48. The molecular weight excluding hydrogens is 210 g/mol. The van der Waals surface area contributed by atoms with Crippen LogP contribution in [0.5, 0.6) is 0 Å². The summed E-state index contributed by atoms with van der Waals surface area (Å²) in [6, 6.07) is 0. The molecule has 0 saturated heterocycles. The normalized spacial score (nSPS) is 10.3. The fourth-order valence-electron chi connectivity index (χ4n) is 1.20. The summed E-state index contributed by atoms with van der Waals surface area (Å²) in [6.07, 6.45) is 0.884. The van der Waals surface area contributed by atoms with E-state index in [0.717, 1.165) is 28.5 Å². The first-order valence-corrected chi connectivity index (χ1v) is 5.89. The number of hydrogen-bond acceptors (Lipinski definition) is 4. The van der Waals surface area contributed by atoms with Crippen LogP contribution in [0.25, 0.3) is 0 Å². The van der Waals surface area contributed by atoms with Crippen LogP contribution in [-0.2, 0) is 6.42 Å². The molecule has 0 radical (unpaired) electrons. The Morgan fingerprint density at radius 2 is 2.20 bits per heavy atom. The Labute approximate surface area is 94.1 Å². The van der Waals surface area contributed by atoms with Crippen molar-refractivity contribution in [3.8, 4) is 0 Å². The van der Waals surface area contributed by atoms with Crippen molar-refractivity contribution < 1.29 is 4.79 Å². The Hall–Kier alpha value is -0.940. The van der Waals surface area contributed by atoms with E-state index in [1.807, 2.05) is 20.9 Å². The summed E-state index contributed by atoms with van der Waals surface area (Å²) in [6.45, 7) is 5.35. The van der Waals surface area contributed by atoms with Crippen molar-refractivity contribution in [3.05, 3.63) is 15.6 Å². The standard InChI is InChI=1S/C10H17N3OS/c1-4-8-13-7(2)9(15-8)10(14)12-6-5-11-3/h11H,4-6H2,1-3H3,(H,12,14). The maximum Gasteiger partial charge on any atom is 0.263 e. The number of aryl methyl sites for hydroxylation is 2. The molecule has 4 nitrogen and oxygen atoms in total. The van der Waals surface area contributed by atoms with Crippen LogP contribution < -0.4 is 10.6 Å². The summed E-state index contributed by atoms with van der Waals surface area (Å²) in [4.78, 5) is 16.8. The van der Waals surface area contributed by atoms with E-state index in [0.29, 0.717) is 6.54 Å². The van der Waals surface area contributed by atoms with Crippen molar-refractivity contribution in [1.82, 2.24) is 15.6 Å². The smallest absolute Gasteiger partial charge is 0.263 e. The van der Waals surface area contributed by atoms with E-state index in [1.165, 1.54) is 11.3 Å². The monoisotopic (exact) mass is 227 g/mol. The first-order valence-electron chi connectivity index (χ1n) is 5.08. The number of nitrogens with zero attached hydrogens (tertiary/aromatic N) is 1. The molecule has 84 valence electrons. The van der Waals surface area contributed by atoms with Crippen LogP contribution in [0.1, 0.15) is 27.3 Å². The average molecular weight is 227 g/mol. The van der Waals surface area contributed by atoms with Crippen molar-refractivity contribution in [3.63, 3.8) is 0 Å². The first kappa shape index (κ1) is 12.1. The van der Waals surface area contributed by atoms with Crippen molar-refractivity contribution >= 4 is 17.2 Å². The second-order valence-corrected chi connectivity index (χ2v) is 4.32. The lowest BCUT2D eigenvalue weighted by molar-refractivity contribution is 0.0957. The van der Waals surface area contributed by atoms with Crippen molar-refractivity contribution in [1.29, 1.82) is 0 Å². The first-order chi connectivity index (χ1) is 7.19. The van der Waals surface area contributed by atoms with Gasteiger partial charge in [0, 0.05) is 13.1 Å². The van der Waals surface area contributed by atoms with Crippen LogP contribution in [-0.4, -0.2) is 31.0 Å². The lowest BCUT2D eigenvalue weighted by Gasteiger charge is -2.02. The van der Waals surface area contributed by atoms with Gasteiger partial charge in [0.2, 0.25) is 0 Å². The minimum absolute atomic E-state index is 0.0139. The van der Waals surface area contributed by atoms with E-state index < -0.39 is 0 Å². The number of carbonyl (C=O) groups excluding carboxylic acids is 1. The van der Waals surface area contributed by atoms with Gasteiger partial charge in [0.05, 0.1) is 10.7 Å². The molecule has 0 unspecified atom stereocenters. The van der Waals surface area contributed by atoms with E-state index in [2.05, 4.69) is 15.6 Å². The van der Waals surface area contributed by atoms with Crippen LogP contribution >= 0.6 is 11.3 Å². The molecule has 1 amide bonds. The third-order valence-electron chi connectivity index (χ3n) is 2.01. The van der Waals surface area contributed by atoms with Crippen LogP contribution in [0.4, 0.5) is 0 Å². The Balaban J connectivity index is 2.60. The summed E-state index contributed by atoms with van der Waals surface area (Å²) in [5, 5.41) is 6.85. The third-order valence-corrected chi connectivity index (χ3v) is 3.31. The van der Waals surface area contributed by atoms with Gasteiger partial charge in [-0.15, -0.1) is 11.3 Å². The van der Waals surface area contributed by atoms with Gasteiger partial charge in [0.15, 0.2) is 0 Å². The molecule has 0 aliphatic carbocycles. The summed E-state index contributed by atoms with van der Waals surface area (Å²) < 4.78 is 0. The highest BCUT2D eigenvalue weighted by molar-refractivity contribution is 7.13. The molecule has 0 saturated carbocycles. The molecule has 1 aromatic heterocycles. The zero-order valence-corrected chi connectivity index (χ0v) is 10.2. The van der Waals surface area contributed by atoms with Gasteiger partial charge < -0.3 is 10.6 Å². The van der Waals surface area contributed by atoms with Gasteiger partial charge in [0.25, 0.3) is 5.91 Å². The molecule has 0 fully saturated rings. The number of nitrogens with one attached hydrogen (secondary N) is 2. The molecule has 0 spiro atoms. The second kappa shape index (κ2) is 5.82. The van der Waals surface area contributed by atoms with Crippen LogP contribution in [0.15, 0.2) is 0 Å². The quantitative estimate of drug-likeness (QED) is 0.737. The van der Waals surface area contributed by atoms with Crippen molar-refractivity contribution in [2.75, 3.05) is 20.1 Å². The molecule has 5 heteroatoms. The number of aromatic nitrogens is 1. The van der Waals surface area contributed by atoms with Crippen LogP contribution in [0.2, 0.25) is 0 Å². The SMILES string of the molecule is CCc1nc(C)c(C(=O)NCCNC)s1. The molecule has 1 heterocycles. The zero-order valence-electron chi connectivity index (χ0n) is 9.39. The molecule has 0 atom stereocenters. The highest BCUT2D eigenvalue weighted by Gasteiger charge is 2.13. The molecule has 15 heavy (non-hydrogen) atoms. The minimum Gasteiger partial charge on any atom is -0.350 e. The van der Waals surface area contributed by atoms with Gasteiger partial charge >= 0.3 is 0 Å². The lowest BCUT2D eigenvalue weighted by Crippen LogP contribution is -2.30. The zero-order chi connectivity index (χ0) is 11.3. The predicted octanol–water partition coefficient (Wildman–Crippen LogP) is 0.963. The minimum atomic E-state index is -0.0139. The average Bonchev–Trinajstić information content (AvgIpc) is 2.60. The third kappa shape index (κ3) is 3.28. The van der Waals surface area contributed by atoms with Gasteiger partial charge in [-0.3, -0.25) is 4.79 Å². The fraction of sp³-hybridized carbons (Fsp3) is 0.600. The van der Waals surface area contributed by atoms with Crippen LogP contribution in [0.3, 0.4) is 0 Å². The Morgan fingerprint density at radius 1 is 1.47 bits per heavy atom. The lowest BCUT2D eigenvalue weighted by atomic mass is 10.3.